The number of carbonyl (C=O) groups excluding carboxylic acids is 1. The summed E-state index contributed by atoms with van der Waals surface area (Å²) in [5.74, 6) is -1.42. The normalized spacial score (nSPS) is 12.2. The monoisotopic (exact) mass is 243 g/mol. The van der Waals surface area contributed by atoms with Crippen molar-refractivity contribution in [1.82, 2.24) is 5.32 Å². The number of esters is 1. The van der Waals surface area contributed by atoms with Crippen LogP contribution in [0.25, 0.3) is 0 Å². The number of carbonyl (C=O) groups is 1. The fourth-order valence-corrected chi connectivity index (χ4v) is 1.29. The highest BCUT2D eigenvalue weighted by Gasteiger charge is 2.13. The Balaban J connectivity index is 2.55. The minimum Gasteiger partial charge on any atom is -0.465 e. The van der Waals surface area contributed by atoms with Gasteiger partial charge >= 0.3 is 5.97 Å². The molecule has 0 aliphatic heterocycles. The third kappa shape index (κ3) is 4.11. The lowest BCUT2D eigenvalue weighted by atomic mass is 10.2. The molecule has 0 amide bonds. The van der Waals surface area contributed by atoms with Crippen LogP contribution in [0.3, 0.4) is 0 Å². The predicted molar refractivity (Wildman–Crippen MR) is 59.3 cm³/mol. The van der Waals surface area contributed by atoms with E-state index in [4.69, 9.17) is 4.74 Å². The average Bonchev–Trinajstić information content (AvgIpc) is 2.30. The first kappa shape index (κ1) is 13.6. The molecule has 0 fully saturated rings. The van der Waals surface area contributed by atoms with Crippen LogP contribution in [0.15, 0.2) is 18.2 Å². The molecule has 0 bridgehead atoms. The van der Waals surface area contributed by atoms with Crippen molar-refractivity contribution < 1.29 is 18.3 Å². The summed E-state index contributed by atoms with van der Waals surface area (Å²) in [5.41, 5.74) is 0.182. The zero-order valence-electron chi connectivity index (χ0n) is 9.80. The summed E-state index contributed by atoms with van der Waals surface area (Å²) in [6.07, 6.45) is 0. The Morgan fingerprint density at radius 1 is 1.47 bits per heavy atom. The van der Waals surface area contributed by atoms with Gasteiger partial charge in [-0.25, -0.2) is 8.78 Å². The van der Waals surface area contributed by atoms with E-state index in [0.29, 0.717) is 6.61 Å². The van der Waals surface area contributed by atoms with Crippen molar-refractivity contribution in [2.45, 2.75) is 26.4 Å². The topological polar surface area (TPSA) is 38.3 Å². The molecule has 1 N–H and O–H groups in total. The van der Waals surface area contributed by atoms with Crippen molar-refractivity contribution in [3.63, 3.8) is 0 Å². The van der Waals surface area contributed by atoms with Crippen LogP contribution >= 0.6 is 0 Å². The molecule has 0 aliphatic rings. The molecule has 0 aromatic heterocycles. The highest BCUT2D eigenvalue weighted by molar-refractivity contribution is 5.75. The van der Waals surface area contributed by atoms with Crippen molar-refractivity contribution in [2.75, 3.05) is 6.61 Å². The largest absolute Gasteiger partial charge is 0.465 e. The van der Waals surface area contributed by atoms with Crippen molar-refractivity contribution in [3.05, 3.63) is 35.4 Å². The van der Waals surface area contributed by atoms with Crippen LogP contribution in [0.4, 0.5) is 8.78 Å². The quantitative estimate of drug-likeness (QED) is 0.804. The van der Waals surface area contributed by atoms with Crippen molar-refractivity contribution in [2.24, 2.45) is 0 Å². The summed E-state index contributed by atoms with van der Waals surface area (Å²) in [4.78, 5) is 11.3. The highest BCUT2D eigenvalue weighted by atomic mass is 19.1. The fourth-order valence-electron chi connectivity index (χ4n) is 1.29. The molecule has 1 rings (SSSR count). The van der Waals surface area contributed by atoms with E-state index in [2.05, 4.69) is 5.32 Å². The van der Waals surface area contributed by atoms with Crippen LogP contribution in [0.5, 0.6) is 0 Å². The Bertz CT molecular complexity index is 396. The molecule has 5 heteroatoms. The summed E-state index contributed by atoms with van der Waals surface area (Å²) in [6, 6.07) is 2.65. The van der Waals surface area contributed by atoms with Gasteiger partial charge in [0.15, 0.2) is 0 Å². The van der Waals surface area contributed by atoms with Crippen LogP contribution in [0.1, 0.15) is 19.4 Å². The lowest BCUT2D eigenvalue weighted by Crippen LogP contribution is -2.35. The third-order valence-corrected chi connectivity index (χ3v) is 2.25. The molecule has 17 heavy (non-hydrogen) atoms. The lowest BCUT2D eigenvalue weighted by molar-refractivity contribution is -0.145. The molecule has 0 saturated carbocycles. The number of nitrogens with one attached hydrogen (secondary N) is 1. The molecule has 94 valence electrons. The van der Waals surface area contributed by atoms with Gasteiger partial charge in [-0.05, 0) is 32.0 Å². The molecule has 0 aliphatic carbocycles. The Morgan fingerprint density at radius 3 is 2.82 bits per heavy atom. The minimum atomic E-state index is -0.558. The fraction of sp³-hybridized carbons (Fsp3) is 0.417. The molecule has 0 saturated heterocycles. The van der Waals surface area contributed by atoms with E-state index in [1.807, 2.05) is 0 Å². The van der Waals surface area contributed by atoms with Crippen LogP contribution in [0, 0.1) is 11.6 Å². The summed E-state index contributed by atoms with van der Waals surface area (Å²) in [7, 11) is 0. The van der Waals surface area contributed by atoms with Crippen molar-refractivity contribution >= 4 is 5.97 Å². The number of rotatable bonds is 5. The highest BCUT2D eigenvalue weighted by Crippen LogP contribution is 2.09. The van der Waals surface area contributed by atoms with E-state index >= 15 is 0 Å². The summed E-state index contributed by atoms with van der Waals surface area (Å²) in [6.45, 7) is 3.68. The third-order valence-electron chi connectivity index (χ3n) is 2.25. The van der Waals surface area contributed by atoms with E-state index in [0.717, 1.165) is 18.2 Å². The second-order valence-corrected chi connectivity index (χ2v) is 3.59. The maximum atomic E-state index is 13.2. The molecule has 1 aromatic rings. The van der Waals surface area contributed by atoms with Gasteiger partial charge < -0.3 is 10.1 Å². The van der Waals surface area contributed by atoms with Crippen molar-refractivity contribution in [1.29, 1.82) is 0 Å². The molecule has 3 nitrogen and oxygen atoms in total. The van der Waals surface area contributed by atoms with Crippen molar-refractivity contribution in [3.8, 4) is 0 Å². The van der Waals surface area contributed by atoms with Gasteiger partial charge in [0.2, 0.25) is 0 Å². The summed E-state index contributed by atoms with van der Waals surface area (Å²) < 4.78 is 30.9. The molecule has 1 unspecified atom stereocenters. The van der Waals surface area contributed by atoms with Gasteiger partial charge in [0.05, 0.1) is 6.61 Å². The second-order valence-electron chi connectivity index (χ2n) is 3.59. The lowest BCUT2D eigenvalue weighted by Gasteiger charge is -2.12. The second kappa shape index (κ2) is 6.30. The number of halogens is 2. The number of benzene rings is 1. The molecule has 1 atom stereocenters. The van der Waals surface area contributed by atoms with Gasteiger partial charge in [0.25, 0.3) is 0 Å². The van der Waals surface area contributed by atoms with Gasteiger partial charge in [-0.15, -0.1) is 0 Å². The Morgan fingerprint density at radius 2 is 2.18 bits per heavy atom. The Hall–Kier alpha value is -1.49. The van der Waals surface area contributed by atoms with Crippen LogP contribution < -0.4 is 5.32 Å². The molecular formula is C12H15F2NO2. The maximum Gasteiger partial charge on any atom is 0.322 e. The first-order chi connectivity index (χ1) is 8.04. The minimum absolute atomic E-state index is 0.0730. The summed E-state index contributed by atoms with van der Waals surface area (Å²) in [5, 5.41) is 2.77. The first-order valence-electron chi connectivity index (χ1n) is 5.38. The van der Waals surface area contributed by atoms with Crippen LogP contribution in [0.2, 0.25) is 0 Å². The van der Waals surface area contributed by atoms with Gasteiger partial charge in [0, 0.05) is 12.1 Å². The number of hydrogen-bond donors (Lipinski definition) is 1. The van der Waals surface area contributed by atoms with E-state index in [9.17, 15) is 13.6 Å². The van der Waals surface area contributed by atoms with E-state index in [1.54, 1.807) is 13.8 Å². The zero-order valence-corrected chi connectivity index (χ0v) is 9.80. The summed E-state index contributed by atoms with van der Waals surface area (Å²) >= 11 is 0. The SMILES string of the molecule is CCOC(=O)C(C)NCc1cc(F)ccc1F. The van der Waals surface area contributed by atoms with E-state index < -0.39 is 23.6 Å². The van der Waals surface area contributed by atoms with Gasteiger partial charge in [-0.2, -0.15) is 0 Å². The van der Waals surface area contributed by atoms with Crippen LogP contribution in [-0.4, -0.2) is 18.6 Å². The van der Waals surface area contributed by atoms with Gasteiger partial charge in [-0.1, -0.05) is 0 Å². The van der Waals surface area contributed by atoms with E-state index in [-0.39, 0.29) is 12.1 Å². The average molecular weight is 243 g/mol. The van der Waals surface area contributed by atoms with Gasteiger partial charge in [-0.3, -0.25) is 4.79 Å². The van der Waals surface area contributed by atoms with Gasteiger partial charge in [0.1, 0.15) is 17.7 Å². The maximum absolute atomic E-state index is 13.2. The smallest absolute Gasteiger partial charge is 0.322 e. The zero-order chi connectivity index (χ0) is 12.8. The molecular weight excluding hydrogens is 228 g/mol. The molecule has 1 aromatic carbocycles. The number of hydrogen-bond acceptors (Lipinski definition) is 3. The van der Waals surface area contributed by atoms with Crippen LogP contribution in [-0.2, 0) is 16.1 Å². The number of ether oxygens (including phenoxy) is 1. The molecule has 0 heterocycles. The van der Waals surface area contributed by atoms with E-state index in [1.165, 1.54) is 0 Å². The first-order valence-corrected chi connectivity index (χ1v) is 5.38. The Kier molecular flexibility index (Phi) is 5.03. The molecule has 0 radical (unpaired) electrons. The molecule has 0 spiro atoms. The standard InChI is InChI=1S/C12H15F2NO2/c1-3-17-12(16)8(2)15-7-9-6-10(13)4-5-11(9)14/h4-6,8,15H,3,7H2,1-2H3. The predicted octanol–water partition coefficient (Wildman–Crippen LogP) is 2.01. The Labute approximate surface area is 98.8 Å².